The minimum atomic E-state index is -0.332. The molecule has 3 atom stereocenters. The molecule has 0 amide bonds. The molecule has 0 aliphatic heterocycles. The molecule has 0 heterocycles. The number of rotatable bonds is 8. The summed E-state index contributed by atoms with van der Waals surface area (Å²) in [6.07, 6.45) is 0.613. The Bertz CT molecular complexity index is 849. The van der Waals surface area contributed by atoms with Crippen molar-refractivity contribution < 1.29 is 9.53 Å². The Morgan fingerprint density at radius 1 is 0.821 bits per heavy atom. The first-order valence-corrected chi connectivity index (χ1v) is 9.66. The van der Waals surface area contributed by atoms with Crippen LogP contribution in [-0.4, -0.2) is 13.1 Å². The van der Waals surface area contributed by atoms with Crippen LogP contribution in [0.2, 0.25) is 0 Å². The number of carbonyl (C=O) groups is 1. The second-order valence-electron chi connectivity index (χ2n) is 7.01. The lowest BCUT2D eigenvalue weighted by Gasteiger charge is -2.30. The Kier molecular flexibility index (Phi) is 6.99. The van der Waals surface area contributed by atoms with E-state index in [9.17, 15) is 4.79 Å². The minimum absolute atomic E-state index is 0.0920. The molecule has 0 bridgehead atoms. The maximum absolute atomic E-state index is 12.8. The van der Waals surface area contributed by atoms with Gasteiger partial charge in [0.15, 0.2) is 0 Å². The van der Waals surface area contributed by atoms with Crippen molar-refractivity contribution in [1.29, 1.82) is 0 Å². The van der Waals surface area contributed by atoms with Crippen LogP contribution in [0.4, 0.5) is 0 Å². The highest BCUT2D eigenvalue weighted by atomic mass is 16.5. The van der Waals surface area contributed by atoms with Gasteiger partial charge in [-0.1, -0.05) is 91.0 Å². The normalized spacial score (nSPS) is 14.1. The highest BCUT2D eigenvalue weighted by Gasteiger charge is 2.31. The standard InChI is InChI=1S/C25H27NO2/c1-19(21-14-8-4-9-15-21)26-24(22-16-10-5-11-17-22)23(25(27)28-2)18-20-12-6-3-7-13-20/h3-17,19,23-24,26H,18H2,1-2H3/t19-,23+,24-/m1/s1. The SMILES string of the molecule is COC(=O)[C@@H](Cc1ccccc1)[C@H](N[C@H](C)c1ccccc1)c1ccccc1. The third-order valence-electron chi connectivity index (χ3n) is 5.09. The summed E-state index contributed by atoms with van der Waals surface area (Å²) in [5.74, 6) is -0.536. The number of nitrogens with one attached hydrogen (secondary N) is 1. The van der Waals surface area contributed by atoms with E-state index in [0.29, 0.717) is 6.42 Å². The number of hydrogen-bond acceptors (Lipinski definition) is 3. The molecule has 3 heteroatoms. The van der Waals surface area contributed by atoms with Gasteiger partial charge in [-0.3, -0.25) is 4.79 Å². The molecule has 3 rings (SSSR count). The molecule has 3 nitrogen and oxygen atoms in total. The van der Waals surface area contributed by atoms with Crippen molar-refractivity contribution in [2.24, 2.45) is 5.92 Å². The van der Waals surface area contributed by atoms with Gasteiger partial charge in [-0.25, -0.2) is 0 Å². The van der Waals surface area contributed by atoms with E-state index in [4.69, 9.17) is 4.74 Å². The first-order chi connectivity index (χ1) is 13.7. The monoisotopic (exact) mass is 373 g/mol. The van der Waals surface area contributed by atoms with Gasteiger partial charge in [0, 0.05) is 12.1 Å². The fourth-order valence-electron chi connectivity index (χ4n) is 3.57. The predicted octanol–water partition coefficient (Wildman–Crippen LogP) is 5.11. The number of esters is 1. The van der Waals surface area contributed by atoms with Gasteiger partial charge in [0.2, 0.25) is 0 Å². The van der Waals surface area contributed by atoms with E-state index in [1.807, 2.05) is 54.6 Å². The van der Waals surface area contributed by atoms with E-state index in [-0.39, 0.29) is 24.0 Å². The van der Waals surface area contributed by atoms with Crippen molar-refractivity contribution in [2.75, 3.05) is 7.11 Å². The molecule has 0 radical (unpaired) electrons. The number of benzene rings is 3. The Morgan fingerprint density at radius 3 is 1.86 bits per heavy atom. The van der Waals surface area contributed by atoms with Gasteiger partial charge in [-0.2, -0.15) is 0 Å². The van der Waals surface area contributed by atoms with Crippen molar-refractivity contribution in [1.82, 2.24) is 5.32 Å². The van der Waals surface area contributed by atoms with Crippen LogP contribution in [0.1, 0.15) is 35.7 Å². The van der Waals surface area contributed by atoms with E-state index in [1.54, 1.807) is 0 Å². The van der Waals surface area contributed by atoms with Crippen molar-refractivity contribution in [2.45, 2.75) is 25.4 Å². The topological polar surface area (TPSA) is 38.3 Å². The van der Waals surface area contributed by atoms with Crippen molar-refractivity contribution in [3.05, 3.63) is 108 Å². The minimum Gasteiger partial charge on any atom is -0.469 e. The molecule has 0 saturated carbocycles. The van der Waals surface area contributed by atoms with Crippen molar-refractivity contribution in [3.8, 4) is 0 Å². The average molecular weight is 373 g/mol. The molecule has 28 heavy (non-hydrogen) atoms. The molecule has 3 aromatic carbocycles. The highest BCUT2D eigenvalue weighted by molar-refractivity contribution is 5.74. The number of carbonyl (C=O) groups excluding carboxylic acids is 1. The zero-order chi connectivity index (χ0) is 19.8. The maximum Gasteiger partial charge on any atom is 0.310 e. The predicted molar refractivity (Wildman–Crippen MR) is 113 cm³/mol. The molecule has 0 saturated heterocycles. The van der Waals surface area contributed by atoms with Gasteiger partial charge in [0.1, 0.15) is 0 Å². The van der Waals surface area contributed by atoms with Crippen LogP contribution in [0.3, 0.4) is 0 Å². The lowest BCUT2D eigenvalue weighted by Crippen LogP contribution is -2.36. The van der Waals surface area contributed by atoms with Gasteiger partial charge in [0.25, 0.3) is 0 Å². The van der Waals surface area contributed by atoms with Crippen LogP contribution in [0.15, 0.2) is 91.0 Å². The molecule has 0 fully saturated rings. The lowest BCUT2D eigenvalue weighted by molar-refractivity contribution is -0.146. The Labute approximate surface area is 167 Å². The van der Waals surface area contributed by atoms with Crippen molar-refractivity contribution in [3.63, 3.8) is 0 Å². The number of hydrogen-bond donors (Lipinski definition) is 1. The average Bonchev–Trinajstić information content (AvgIpc) is 2.77. The Balaban J connectivity index is 1.93. The largest absolute Gasteiger partial charge is 0.469 e. The first kappa shape index (κ1) is 19.8. The summed E-state index contributed by atoms with van der Waals surface area (Å²) in [5.41, 5.74) is 3.39. The quantitative estimate of drug-likeness (QED) is 0.558. The van der Waals surface area contributed by atoms with E-state index >= 15 is 0 Å². The van der Waals surface area contributed by atoms with Gasteiger partial charge < -0.3 is 10.1 Å². The lowest BCUT2D eigenvalue weighted by atomic mass is 9.86. The van der Waals surface area contributed by atoms with Gasteiger partial charge in [-0.05, 0) is 30.0 Å². The van der Waals surface area contributed by atoms with E-state index in [2.05, 4.69) is 48.6 Å². The summed E-state index contributed by atoms with van der Waals surface area (Å²) in [5, 5.41) is 3.68. The molecule has 144 valence electrons. The number of ether oxygens (including phenoxy) is 1. The third kappa shape index (κ3) is 5.08. The molecular formula is C25H27NO2. The van der Waals surface area contributed by atoms with Crippen LogP contribution in [-0.2, 0) is 16.0 Å². The maximum atomic E-state index is 12.8. The zero-order valence-corrected chi connectivity index (χ0v) is 16.4. The van der Waals surface area contributed by atoms with Crippen LogP contribution in [0.5, 0.6) is 0 Å². The van der Waals surface area contributed by atoms with E-state index in [1.165, 1.54) is 12.7 Å². The smallest absolute Gasteiger partial charge is 0.310 e. The summed E-state index contributed by atoms with van der Waals surface area (Å²) >= 11 is 0. The van der Waals surface area contributed by atoms with Crippen LogP contribution in [0, 0.1) is 5.92 Å². The summed E-state index contributed by atoms with van der Waals surface area (Å²) in [6.45, 7) is 2.13. The molecule has 0 unspecified atom stereocenters. The second kappa shape index (κ2) is 9.86. The number of methoxy groups -OCH3 is 1. The summed E-state index contributed by atoms with van der Waals surface area (Å²) in [7, 11) is 1.46. The van der Waals surface area contributed by atoms with Crippen LogP contribution >= 0.6 is 0 Å². The zero-order valence-electron chi connectivity index (χ0n) is 16.4. The molecular weight excluding hydrogens is 346 g/mol. The van der Waals surface area contributed by atoms with E-state index < -0.39 is 0 Å². The van der Waals surface area contributed by atoms with Gasteiger partial charge in [0.05, 0.1) is 13.0 Å². The molecule has 0 aliphatic carbocycles. The molecule has 0 aliphatic rings. The summed E-state index contributed by atoms with van der Waals surface area (Å²) in [4.78, 5) is 12.8. The summed E-state index contributed by atoms with van der Waals surface area (Å²) < 4.78 is 5.20. The van der Waals surface area contributed by atoms with Gasteiger partial charge in [-0.15, -0.1) is 0 Å². The van der Waals surface area contributed by atoms with Gasteiger partial charge >= 0.3 is 5.97 Å². The molecule has 1 N–H and O–H groups in total. The second-order valence-corrected chi connectivity index (χ2v) is 7.01. The molecule has 3 aromatic rings. The highest BCUT2D eigenvalue weighted by Crippen LogP contribution is 2.29. The third-order valence-corrected chi connectivity index (χ3v) is 5.09. The Hall–Kier alpha value is -2.91. The summed E-state index contributed by atoms with van der Waals surface area (Å²) in [6, 6.07) is 30.4. The molecule has 0 spiro atoms. The fraction of sp³-hybridized carbons (Fsp3) is 0.240. The van der Waals surface area contributed by atoms with Crippen LogP contribution in [0.25, 0.3) is 0 Å². The van der Waals surface area contributed by atoms with Crippen LogP contribution < -0.4 is 5.32 Å². The fourth-order valence-corrected chi connectivity index (χ4v) is 3.57. The van der Waals surface area contributed by atoms with E-state index in [0.717, 1.165) is 11.1 Å². The van der Waals surface area contributed by atoms with Crippen molar-refractivity contribution >= 4 is 5.97 Å². The molecule has 0 aromatic heterocycles. The Morgan fingerprint density at radius 2 is 1.32 bits per heavy atom. The first-order valence-electron chi connectivity index (χ1n) is 9.66.